The zero-order valence-corrected chi connectivity index (χ0v) is 14.2. The van der Waals surface area contributed by atoms with Crippen LogP contribution in [0.3, 0.4) is 0 Å². The van der Waals surface area contributed by atoms with Crippen molar-refractivity contribution in [2.75, 3.05) is 19.0 Å². The molecule has 21 heavy (non-hydrogen) atoms. The molecule has 1 heterocycles. The van der Waals surface area contributed by atoms with Crippen molar-refractivity contribution >= 4 is 21.7 Å². The van der Waals surface area contributed by atoms with Gasteiger partial charge in [0.15, 0.2) is 5.82 Å². The molecule has 0 saturated heterocycles. The number of rotatable bonds is 6. The van der Waals surface area contributed by atoms with Gasteiger partial charge in [0.1, 0.15) is 11.6 Å². The molecule has 1 aromatic carbocycles. The molecule has 112 valence electrons. The molecule has 0 aliphatic carbocycles. The van der Waals surface area contributed by atoms with Crippen molar-refractivity contribution in [2.24, 2.45) is 0 Å². The van der Waals surface area contributed by atoms with Crippen LogP contribution < -0.4 is 10.1 Å². The molecule has 0 bridgehead atoms. The Kier molecular flexibility index (Phi) is 5.56. The van der Waals surface area contributed by atoms with E-state index in [9.17, 15) is 0 Å². The summed E-state index contributed by atoms with van der Waals surface area (Å²) in [4.78, 5) is 9.25. The quantitative estimate of drug-likeness (QED) is 0.844. The van der Waals surface area contributed by atoms with Gasteiger partial charge in [-0.15, -0.1) is 0 Å². The van der Waals surface area contributed by atoms with Crippen LogP contribution in [0.4, 0.5) is 5.82 Å². The summed E-state index contributed by atoms with van der Waals surface area (Å²) in [5, 5.41) is 3.11. The maximum Gasteiger partial charge on any atom is 0.161 e. The molecule has 1 aromatic heterocycles. The van der Waals surface area contributed by atoms with Gasteiger partial charge >= 0.3 is 0 Å². The highest BCUT2D eigenvalue weighted by atomic mass is 79.9. The molecule has 5 heteroatoms. The first-order valence-corrected chi connectivity index (χ1v) is 7.96. The van der Waals surface area contributed by atoms with Gasteiger partial charge in [0, 0.05) is 12.6 Å². The van der Waals surface area contributed by atoms with Crippen molar-refractivity contribution in [3.05, 3.63) is 34.4 Å². The Morgan fingerprint density at radius 3 is 2.43 bits per heavy atom. The average molecular weight is 350 g/mol. The summed E-state index contributed by atoms with van der Waals surface area (Å²) in [6.07, 6.45) is 1.96. The highest BCUT2D eigenvalue weighted by Gasteiger charge is 2.12. The lowest BCUT2D eigenvalue weighted by atomic mass is 10.2. The summed E-state index contributed by atoms with van der Waals surface area (Å²) in [6, 6.07) is 7.87. The fraction of sp³-hybridized carbons (Fsp3) is 0.375. The minimum absolute atomic E-state index is 0.665. The summed E-state index contributed by atoms with van der Waals surface area (Å²) in [5.74, 6) is 2.41. The van der Waals surface area contributed by atoms with Crippen LogP contribution in [-0.2, 0) is 6.42 Å². The number of hydrogen-bond donors (Lipinski definition) is 1. The Hall–Kier alpha value is -1.62. The number of aromatic nitrogens is 2. The van der Waals surface area contributed by atoms with Crippen molar-refractivity contribution in [1.82, 2.24) is 9.97 Å². The van der Waals surface area contributed by atoms with E-state index in [1.54, 1.807) is 0 Å². The van der Waals surface area contributed by atoms with Crippen LogP contribution in [0.1, 0.15) is 26.0 Å². The number of benzene rings is 1. The van der Waals surface area contributed by atoms with Gasteiger partial charge in [-0.05, 0) is 53.5 Å². The largest absolute Gasteiger partial charge is 0.494 e. The molecule has 0 spiro atoms. The molecule has 2 aromatic rings. The van der Waals surface area contributed by atoms with Crippen molar-refractivity contribution in [2.45, 2.75) is 26.7 Å². The Morgan fingerprint density at radius 2 is 1.86 bits per heavy atom. The third-order valence-corrected chi connectivity index (χ3v) is 3.90. The number of ether oxygens (including phenoxy) is 1. The van der Waals surface area contributed by atoms with Crippen LogP contribution in [-0.4, -0.2) is 23.6 Å². The topological polar surface area (TPSA) is 47.0 Å². The number of halogens is 1. The first kappa shape index (κ1) is 15.8. The fourth-order valence-electron chi connectivity index (χ4n) is 2.06. The van der Waals surface area contributed by atoms with E-state index in [0.29, 0.717) is 6.61 Å². The minimum Gasteiger partial charge on any atom is -0.494 e. The number of anilines is 1. The van der Waals surface area contributed by atoms with E-state index >= 15 is 0 Å². The molecule has 0 atom stereocenters. The third-order valence-electron chi connectivity index (χ3n) is 3.07. The molecule has 4 nitrogen and oxygen atoms in total. The van der Waals surface area contributed by atoms with E-state index in [1.165, 1.54) is 0 Å². The highest BCUT2D eigenvalue weighted by Crippen LogP contribution is 2.28. The number of aryl methyl sites for hydroxylation is 1. The van der Waals surface area contributed by atoms with E-state index < -0.39 is 0 Å². The lowest BCUT2D eigenvalue weighted by molar-refractivity contribution is 0.340. The summed E-state index contributed by atoms with van der Waals surface area (Å²) < 4.78 is 6.41. The molecular formula is C16H20BrN3O. The molecule has 2 rings (SSSR count). The smallest absolute Gasteiger partial charge is 0.161 e. The SMILES string of the molecule is CCCc1nc(-c2ccc(OCC)cc2)nc(NC)c1Br. The van der Waals surface area contributed by atoms with Crippen LogP contribution >= 0.6 is 15.9 Å². The van der Waals surface area contributed by atoms with Crippen molar-refractivity contribution in [1.29, 1.82) is 0 Å². The number of hydrogen-bond acceptors (Lipinski definition) is 4. The predicted molar refractivity (Wildman–Crippen MR) is 89.9 cm³/mol. The molecule has 0 fully saturated rings. The van der Waals surface area contributed by atoms with Gasteiger partial charge in [0.2, 0.25) is 0 Å². The zero-order valence-electron chi connectivity index (χ0n) is 12.6. The molecule has 0 saturated carbocycles. The van der Waals surface area contributed by atoms with E-state index in [4.69, 9.17) is 4.74 Å². The second kappa shape index (κ2) is 7.41. The van der Waals surface area contributed by atoms with Gasteiger partial charge in [-0.25, -0.2) is 9.97 Å². The predicted octanol–water partition coefficient (Wildman–Crippen LogP) is 4.30. The Balaban J connectivity index is 2.40. The highest BCUT2D eigenvalue weighted by molar-refractivity contribution is 9.10. The van der Waals surface area contributed by atoms with Crippen molar-refractivity contribution < 1.29 is 4.74 Å². The van der Waals surface area contributed by atoms with E-state index in [2.05, 4.69) is 38.1 Å². The van der Waals surface area contributed by atoms with E-state index in [-0.39, 0.29) is 0 Å². The van der Waals surface area contributed by atoms with Crippen molar-refractivity contribution in [3.8, 4) is 17.1 Å². The molecule has 0 amide bonds. The summed E-state index contributed by atoms with van der Waals surface area (Å²) in [7, 11) is 1.87. The molecule has 1 N–H and O–H groups in total. The second-order valence-electron chi connectivity index (χ2n) is 4.61. The summed E-state index contributed by atoms with van der Waals surface area (Å²) in [6.45, 7) is 4.78. The fourth-order valence-corrected chi connectivity index (χ4v) is 2.63. The van der Waals surface area contributed by atoms with Gasteiger partial charge < -0.3 is 10.1 Å². The van der Waals surface area contributed by atoms with Crippen molar-refractivity contribution in [3.63, 3.8) is 0 Å². The Bertz CT molecular complexity index is 599. The first-order valence-electron chi connectivity index (χ1n) is 7.17. The second-order valence-corrected chi connectivity index (χ2v) is 5.41. The summed E-state index contributed by atoms with van der Waals surface area (Å²) in [5.41, 5.74) is 2.01. The average Bonchev–Trinajstić information content (AvgIpc) is 2.51. The number of nitrogens with one attached hydrogen (secondary N) is 1. The lowest BCUT2D eigenvalue weighted by Crippen LogP contribution is -2.03. The standard InChI is InChI=1S/C16H20BrN3O/c1-4-6-13-14(17)16(18-3)20-15(19-13)11-7-9-12(10-8-11)21-5-2/h7-10H,4-6H2,1-3H3,(H,18,19,20). The summed E-state index contributed by atoms with van der Waals surface area (Å²) >= 11 is 3.57. The monoisotopic (exact) mass is 349 g/mol. The minimum atomic E-state index is 0.665. The number of nitrogens with zero attached hydrogens (tertiary/aromatic N) is 2. The van der Waals surface area contributed by atoms with Crippen LogP contribution in [0.25, 0.3) is 11.4 Å². The molecule has 0 aliphatic rings. The van der Waals surface area contributed by atoms with Gasteiger partial charge in [0.05, 0.1) is 16.8 Å². The third kappa shape index (κ3) is 3.73. The Labute approximate surface area is 134 Å². The van der Waals surface area contributed by atoms with Gasteiger partial charge in [0.25, 0.3) is 0 Å². The van der Waals surface area contributed by atoms with Crippen LogP contribution in [0.5, 0.6) is 5.75 Å². The van der Waals surface area contributed by atoms with Gasteiger partial charge in [-0.2, -0.15) is 0 Å². The van der Waals surface area contributed by atoms with Crippen LogP contribution in [0.2, 0.25) is 0 Å². The zero-order chi connectivity index (χ0) is 15.2. The van der Waals surface area contributed by atoms with E-state index in [0.717, 1.165) is 46.0 Å². The van der Waals surface area contributed by atoms with E-state index in [1.807, 2.05) is 38.2 Å². The van der Waals surface area contributed by atoms with Crippen LogP contribution in [0.15, 0.2) is 28.7 Å². The Morgan fingerprint density at radius 1 is 1.14 bits per heavy atom. The maximum atomic E-state index is 5.46. The molecule has 0 radical (unpaired) electrons. The van der Waals surface area contributed by atoms with Gasteiger partial charge in [-0.3, -0.25) is 0 Å². The lowest BCUT2D eigenvalue weighted by Gasteiger charge is -2.11. The first-order chi connectivity index (χ1) is 10.2. The van der Waals surface area contributed by atoms with Crippen LogP contribution in [0, 0.1) is 0 Å². The molecule has 0 unspecified atom stereocenters. The maximum absolute atomic E-state index is 5.46. The molecular weight excluding hydrogens is 330 g/mol. The van der Waals surface area contributed by atoms with Gasteiger partial charge in [-0.1, -0.05) is 13.3 Å². The molecule has 0 aliphatic heterocycles. The normalized spacial score (nSPS) is 10.5.